The second-order valence-corrected chi connectivity index (χ2v) is 8.45. The number of guanidine groups is 1. The molecule has 3 rings (SSSR count). The summed E-state index contributed by atoms with van der Waals surface area (Å²) in [5, 5.41) is 3.38. The van der Waals surface area contributed by atoms with Crippen LogP contribution in [0.2, 0.25) is 0 Å². The van der Waals surface area contributed by atoms with E-state index in [0.717, 1.165) is 37.5 Å². The predicted octanol–water partition coefficient (Wildman–Crippen LogP) is 3.28. The molecule has 0 spiro atoms. The summed E-state index contributed by atoms with van der Waals surface area (Å²) in [4.78, 5) is 7.37. The van der Waals surface area contributed by atoms with Gasteiger partial charge in [0.1, 0.15) is 0 Å². The van der Waals surface area contributed by atoms with Crippen molar-refractivity contribution in [2.75, 3.05) is 30.8 Å². The molecular formula is C20H26IN3O2S. The molecule has 0 saturated heterocycles. The minimum absolute atomic E-state index is 0. The third-order valence-corrected chi connectivity index (χ3v) is 5.62. The molecule has 146 valence electrons. The van der Waals surface area contributed by atoms with Gasteiger partial charge < -0.3 is 10.2 Å². The minimum Gasteiger partial charge on any atom is -0.356 e. The average Bonchev–Trinajstić information content (AvgIpc) is 3.05. The van der Waals surface area contributed by atoms with E-state index in [-0.39, 0.29) is 24.0 Å². The second kappa shape index (κ2) is 9.54. The van der Waals surface area contributed by atoms with E-state index in [9.17, 15) is 8.42 Å². The lowest BCUT2D eigenvalue weighted by atomic mass is 10.1. The number of benzene rings is 2. The van der Waals surface area contributed by atoms with Gasteiger partial charge in [-0.15, -0.1) is 24.0 Å². The van der Waals surface area contributed by atoms with Crippen molar-refractivity contribution >= 4 is 45.5 Å². The van der Waals surface area contributed by atoms with Crippen molar-refractivity contribution in [3.8, 4) is 0 Å². The summed E-state index contributed by atoms with van der Waals surface area (Å²) in [6.07, 6.45) is 3.03. The number of para-hydroxylation sites is 1. The van der Waals surface area contributed by atoms with Crippen molar-refractivity contribution in [2.24, 2.45) is 4.99 Å². The maximum Gasteiger partial charge on any atom is 0.198 e. The van der Waals surface area contributed by atoms with Crippen LogP contribution in [0.25, 0.3) is 0 Å². The summed E-state index contributed by atoms with van der Waals surface area (Å²) < 4.78 is 23.1. The zero-order chi connectivity index (χ0) is 18.6. The van der Waals surface area contributed by atoms with Crippen LogP contribution in [0.4, 0.5) is 5.69 Å². The molecule has 0 bridgehead atoms. The van der Waals surface area contributed by atoms with E-state index in [4.69, 9.17) is 4.99 Å². The van der Waals surface area contributed by atoms with Gasteiger partial charge in [-0.3, -0.25) is 4.99 Å². The highest BCUT2D eigenvalue weighted by molar-refractivity contribution is 14.0. The van der Waals surface area contributed by atoms with Gasteiger partial charge in [-0.05, 0) is 49.1 Å². The van der Waals surface area contributed by atoms with E-state index in [1.54, 1.807) is 12.1 Å². The Morgan fingerprint density at radius 3 is 2.52 bits per heavy atom. The van der Waals surface area contributed by atoms with Gasteiger partial charge in [0.2, 0.25) is 0 Å². The Bertz CT molecular complexity index is 896. The SMILES string of the molecule is CCNC(=NCCc1ccc(S(C)(=O)=O)cc1)N1CCc2ccccc21.I. The van der Waals surface area contributed by atoms with Crippen LogP contribution >= 0.6 is 24.0 Å². The van der Waals surface area contributed by atoms with Crippen molar-refractivity contribution in [1.29, 1.82) is 0 Å². The van der Waals surface area contributed by atoms with Gasteiger partial charge in [-0.25, -0.2) is 8.42 Å². The van der Waals surface area contributed by atoms with Crippen LogP contribution in [-0.4, -0.2) is 40.3 Å². The molecule has 5 nitrogen and oxygen atoms in total. The van der Waals surface area contributed by atoms with Gasteiger partial charge in [0, 0.05) is 31.6 Å². The number of hydrogen-bond donors (Lipinski definition) is 1. The smallest absolute Gasteiger partial charge is 0.198 e. The Balaban J connectivity index is 0.00000261. The number of hydrogen-bond acceptors (Lipinski definition) is 3. The topological polar surface area (TPSA) is 61.8 Å². The van der Waals surface area contributed by atoms with Crippen LogP contribution in [0.5, 0.6) is 0 Å². The van der Waals surface area contributed by atoms with E-state index in [2.05, 4.69) is 41.4 Å². The third kappa shape index (κ3) is 5.44. The van der Waals surface area contributed by atoms with Crippen molar-refractivity contribution in [3.63, 3.8) is 0 Å². The van der Waals surface area contributed by atoms with Crippen molar-refractivity contribution < 1.29 is 8.42 Å². The Morgan fingerprint density at radius 1 is 1.15 bits per heavy atom. The van der Waals surface area contributed by atoms with Gasteiger partial charge in [0.15, 0.2) is 15.8 Å². The first-order valence-electron chi connectivity index (χ1n) is 8.92. The molecule has 1 aliphatic rings. The molecule has 2 aromatic rings. The van der Waals surface area contributed by atoms with E-state index in [0.29, 0.717) is 11.4 Å². The number of sulfone groups is 1. The fourth-order valence-corrected chi connectivity index (χ4v) is 3.78. The molecule has 1 heterocycles. The summed E-state index contributed by atoms with van der Waals surface area (Å²) in [6.45, 7) is 4.48. The van der Waals surface area contributed by atoms with Gasteiger partial charge in [0.05, 0.1) is 4.90 Å². The molecule has 0 aromatic heterocycles. The first-order valence-corrected chi connectivity index (χ1v) is 10.8. The summed E-state index contributed by atoms with van der Waals surface area (Å²) >= 11 is 0. The fraction of sp³-hybridized carbons (Fsp3) is 0.350. The van der Waals surface area contributed by atoms with Gasteiger partial charge >= 0.3 is 0 Å². The van der Waals surface area contributed by atoms with Crippen molar-refractivity contribution in [3.05, 3.63) is 59.7 Å². The molecule has 1 aliphatic heterocycles. The first kappa shape index (κ1) is 21.7. The molecule has 0 radical (unpaired) electrons. The average molecular weight is 499 g/mol. The Morgan fingerprint density at radius 2 is 1.85 bits per heavy atom. The molecule has 0 unspecified atom stereocenters. The van der Waals surface area contributed by atoms with Gasteiger partial charge in [-0.1, -0.05) is 30.3 Å². The van der Waals surface area contributed by atoms with Crippen molar-refractivity contribution in [1.82, 2.24) is 5.32 Å². The van der Waals surface area contributed by atoms with Gasteiger partial charge in [0.25, 0.3) is 0 Å². The quantitative estimate of drug-likeness (QED) is 0.390. The maximum atomic E-state index is 11.5. The molecule has 2 aromatic carbocycles. The molecule has 0 amide bonds. The number of anilines is 1. The number of halogens is 1. The molecule has 27 heavy (non-hydrogen) atoms. The first-order chi connectivity index (χ1) is 12.5. The summed E-state index contributed by atoms with van der Waals surface area (Å²) in [5.74, 6) is 0.908. The molecule has 0 saturated carbocycles. The lowest BCUT2D eigenvalue weighted by Gasteiger charge is -2.22. The zero-order valence-electron chi connectivity index (χ0n) is 15.7. The Kier molecular flexibility index (Phi) is 7.67. The van der Waals surface area contributed by atoms with Crippen LogP contribution < -0.4 is 10.2 Å². The molecule has 7 heteroatoms. The minimum atomic E-state index is -3.14. The molecule has 0 atom stereocenters. The summed E-state index contributed by atoms with van der Waals surface area (Å²) in [5.41, 5.74) is 3.66. The van der Waals surface area contributed by atoms with E-state index < -0.39 is 9.84 Å². The van der Waals surface area contributed by atoms with Crippen LogP contribution in [0.3, 0.4) is 0 Å². The maximum absolute atomic E-state index is 11.5. The Hall–Kier alpha value is -1.61. The standard InChI is InChI=1S/C20H25N3O2S.HI/c1-3-21-20(23-15-13-17-6-4-5-7-19(17)23)22-14-12-16-8-10-18(11-9-16)26(2,24)25;/h4-11H,3,12-15H2,1-2H3,(H,21,22);1H. The molecular weight excluding hydrogens is 473 g/mol. The second-order valence-electron chi connectivity index (χ2n) is 6.43. The number of nitrogens with one attached hydrogen (secondary N) is 1. The van der Waals surface area contributed by atoms with Crippen LogP contribution in [-0.2, 0) is 22.7 Å². The summed E-state index contributed by atoms with van der Waals surface area (Å²) in [7, 11) is -3.14. The molecule has 0 aliphatic carbocycles. The van der Waals surface area contributed by atoms with Gasteiger partial charge in [-0.2, -0.15) is 0 Å². The van der Waals surface area contributed by atoms with Crippen LogP contribution in [0, 0.1) is 0 Å². The van der Waals surface area contributed by atoms with E-state index in [1.807, 2.05) is 12.1 Å². The number of aliphatic imine (C=N–C) groups is 1. The molecule has 1 N–H and O–H groups in total. The Labute approximate surface area is 178 Å². The predicted molar refractivity (Wildman–Crippen MR) is 122 cm³/mol. The van der Waals surface area contributed by atoms with Crippen LogP contribution in [0.15, 0.2) is 58.4 Å². The van der Waals surface area contributed by atoms with E-state index in [1.165, 1.54) is 17.5 Å². The number of fused-ring (bicyclic) bond motifs is 1. The highest BCUT2D eigenvalue weighted by Gasteiger charge is 2.22. The number of nitrogens with zero attached hydrogens (tertiary/aromatic N) is 2. The largest absolute Gasteiger partial charge is 0.356 e. The lowest BCUT2D eigenvalue weighted by molar-refractivity contribution is 0.602. The lowest BCUT2D eigenvalue weighted by Crippen LogP contribution is -2.40. The normalized spacial score (nSPS) is 13.9. The van der Waals surface area contributed by atoms with Crippen LogP contribution in [0.1, 0.15) is 18.1 Å². The van der Waals surface area contributed by atoms with E-state index >= 15 is 0 Å². The highest BCUT2D eigenvalue weighted by atomic mass is 127. The highest BCUT2D eigenvalue weighted by Crippen LogP contribution is 2.27. The monoisotopic (exact) mass is 499 g/mol. The zero-order valence-corrected chi connectivity index (χ0v) is 18.8. The molecule has 0 fully saturated rings. The van der Waals surface area contributed by atoms with Crippen molar-refractivity contribution in [2.45, 2.75) is 24.7 Å². The number of rotatable bonds is 5. The summed E-state index contributed by atoms with van der Waals surface area (Å²) in [6, 6.07) is 15.5. The third-order valence-electron chi connectivity index (χ3n) is 4.49. The fourth-order valence-electron chi connectivity index (χ4n) is 3.15.